The van der Waals surface area contributed by atoms with Crippen LogP contribution in [0.2, 0.25) is 5.15 Å². The summed E-state index contributed by atoms with van der Waals surface area (Å²) >= 11 is 11.4. The van der Waals surface area contributed by atoms with Crippen molar-refractivity contribution in [2.24, 2.45) is 5.92 Å². The van der Waals surface area contributed by atoms with Gasteiger partial charge in [-0.2, -0.15) is 11.8 Å². The fourth-order valence-corrected chi connectivity index (χ4v) is 3.33. The van der Waals surface area contributed by atoms with Gasteiger partial charge >= 0.3 is 0 Å². The molecule has 1 atom stereocenters. The smallest absolute Gasteiger partial charge is 0.152 e. The van der Waals surface area contributed by atoms with E-state index in [-0.39, 0.29) is 0 Å². The highest BCUT2D eigenvalue weighted by molar-refractivity contribution is 9.10. The minimum atomic E-state index is 0.545. The maximum absolute atomic E-state index is 5.98. The van der Waals surface area contributed by atoms with Gasteiger partial charge in [-0.25, -0.2) is 4.98 Å². The Bertz CT molecular complexity index is 342. The van der Waals surface area contributed by atoms with Crippen LogP contribution in [0, 0.1) is 5.92 Å². The highest BCUT2D eigenvalue weighted by atomic mass is 79.9. The van der Waals surface area contributed by atoms with E-state index in [2.05, 4.69) is 26.2 Å². The molecule has 0 saturated carbocycles. The molecule has 82 valence electrons. The highest BCUT2D eigenvalue weighted by Crippen LogP contribution is 2.26. The van der Waals surface area contributed by atoms with Crippen molar-refractivity contribution in [3.05, 3.63) is 21.9 Å². The van der Waals surface area contributed by atoms with E-state index in [0.29, 0.717) is 5.15 Å². The molecule has 1 aliphatic rings. The zero-order chi connectivity index (χ0) is 10.7. The summed E-state index contributed by atoms with van der Waals surface area (Å²) in [6.45, 7) is 0.991. The molecule has 0 spiro atoms. The van der Waals surface area contributed by atoms with E-state index >= 15 is 0 Å². The second kappa shape index (κ2) is 5.41. The van der Waals surface area contributed by atoms with Crippen LogP contribution in [0.1, 0.15) is 6.42 Å². The number of hydrogen-bond acceptors (Lipinski definition) is 3. The first-order valence-corrected chi connectivity index (χ1v) is 7.21. The molecule has 15 heavy (non-hydrogen) atoms. The van der Waals surface area contributed by atoms with E-state index in [1.54, 1.807) is 6.20 Å². The van der Waals surface area contributed by atoms with Gasteiger partial charge in [0.05, 0.1) is 5.69 Å². The van der Waals surface area contributed by atoms with Crippen molar-refractivity contribution < 1.29 is 0 Å². The van der Waals surface area contributed by atoms with Gasteiger partial charge in [0, 0.05) is 17.2 Å². The average Bonchev–Trinajstić information content (AvgIpc) is 2.72. The van der Waals surface area contributed by atoms with Crippen LogP contribution in [0.4, 0.5) is 5.69 Å². The molecule has 0 aliphatic carbocycles. The summed E-state index contributed by atoms with van der Waals surface area (Å²) in [5.41, 5.74) is 0.919. The van der Waals surface area contributed by atoms with Gasteiger partial charge in [-0.3, -0.25) is 0 Å². The van der Waals surface area contributed by atoms with Crippen molar-refractivity contribution in [2.75, 3.05) is 23.4 Å². The minimum Gasteiger partial charge on any atom is -0.382 e. The third-order valence-corrected chi connectivity index (χ3v) is 4.38. The van der Waals surface area contributed by atoms with Crippen molar-refractivity contribution in [3.63, 3.8) is 0 Å². The Hall–Kier alpha value is 0.0700. The summed E-state index contributed by atoms with van der Waals surface area (Å²) in [6, 6.07) is 1.97. The number of nitrogens with one attached hydrogen (secondary N) is 1. The van der Waals surface area contributed by atoms with Crippen molar-refractivity contribution in [3.8, 4) is 0 Å². The van der Waals surface area contributed by atoms with Gasteiger partial charge in [-0.05, 0) is 45.8 Å². The monoisotopic (exact) mass is 306 g/mol. The van der Waals surface area contributed by atoms with Crippen LogP contribution in [-0.4, -0.2) is 23.0 Å². The molecule has 1 N–H and O–H groups in total. The highest BCUT2D eigenvalue weighted by Gasteiger charge is 2.15. The van der Waals surface area contributed by atoms with Crippen LogP contribution < -0.4 is 5.32 Å². The average molecular weight is 308 g/mol. The number of nitrogens with zero attached hydrogens (tertiary/aromatic N) is 1. The Morgan fingerprint density at radius 3 is 3.27 bits per heavy atom. The molecule has 1 fully saturated rings. The Balaban J connectivity index is 1.94. The molecule has 0 amide bonds. The molecule has 1 aromatic heterocycles. The molecule has 0 bridgehead atoms. The van der Waals surface area contributed by atoms with E-state index in [4.69, 9.17) is 11.6 Å². The molecule has 2 nitrogen and oxygen atoms in total. The third-order valence-electron chi connectivity index (χ3n) is 2.41. The van der Waals surface area contributed by atoms with Crippen molar-refractivity contribution >= 4 is 45.0 Å². The quantitative estimate of drug-likeness (QED) is 0.863. The summed E-state index contributed by atoms with van der Waals surface area (Å²) in [5, 5.41) is 3.90. The van der Waals surface area contributed by atoms with Crippen LogP contribution in [0.3, 0.4) is 0 Å². The van der Waals surface area contributed by atoms with Gasteiger partial charge < -0.3 is 5.32 Å². The van der Waals surface area contributed by atoms with E-state index in [1.165, 1.54) is 17.9 Å². The first-order valence-electron chi connectivity index (χ1n) is 4.88. The van der Waals surface area contributed by atoms with Crippen LogP contribution in [-0.2, 0) is 0 Å². The Kier molecular flexibility index (Phi) is 4.17. The molecular weight excluding hydrogens is 296 g/mol. The summed E-state index contributed by atoms with van der Waals surface area (Å²) in [7, 11) is 0. The second-order valence-corrected chi connectivity index (χ2v) is 6.03. The third kappa shape index (κ3) is 3.26. The number of halogens is 2. The summed E-state index contributed by atoms with van der Waals surface area (Å²) in [4.78, 5) is 4.07. The molecule has 0 aromatic carbocycles. The summed E-state index contributed by atoms with van der Waals surface area (Å²) in [6.07, 6.45) is 3.01. The van der Waals surface area contributed by atoms with Gasteiger partial charge in [0.1, 0.15) is 0 Å². The molecule has 5 heteroatoms. The predicted molar refractivity (Wildman–Crippen MR) is 70.9 cm³/mol. The maximum Gasteiger partial charge on any atom is 0.152 e. The number of thioether (sulfide) groups is 1. The molecule has 2 rings (SSSR count). The van der Waals surface area contributed by atoms with Gasteiger partial charge in [0.25, 0.3) is 0 Å². The van der Waals surface area contributed by atoms with E-state index in [9.17, 15) is 0 Å². The van der Waals surface area contributed by atoms with Crippen molar-refractivity contribution in [2.45, 2.75) is 6.42 Å². The van der Waals surface area contributed by atoms with Crippen molar-refractivity contribution in [1.29, 1.82) is 0 Å². The molecule has 1 unspecified atom stereocenters. The molecule has 2 heterocycles. The first-order chi connectivity index (χ1) is 7.25. The lowest BCUT2D eigenvalue weighted by Gasteiger charge is -2.12. The maximum atomic E-state index is 5.98. The van der Waals surface area contributed by atoms with Crippen LogP contribution in [0.25, 0.3) is 0 Å². The second-order valence-electron chi connectivity index (χ2n) is 3.60. The number of aromatic nitrogens is 1. The van der Waals surface area contributed by atoms with Gasteiger partial charge in [0.2, 0.25) is 0 Å². The Morgan fingerprint density at radius 2 is 2.53 bits per heavy atom. The van der Waals surface area contributed by atoms with E-state index in [1.807, 2.05) is 17.8 Å². The lowest BCUT2D eigenvalue weighted by atomic mass is 10.1. The zero-order valence-corrected chi connectivity index (χ0v) is 11.3. The number of rotatable bonds is 3. The van der Waals surface area contributed by atoms with E-state index < -0.39 is 0 Å². The largest absolute Gasteiger partial charge is 0.382 e. The zero-order valence-electron chi connectivity index (χ0n) is 8.17. The topological polar surface area (TPSA) is 24.9 Å². The molecule has 0 radical (unpaired) electrons. The predicted octanol–water partition coefficient (Wildman–Crippen LogP) is 3.66. The van der Waals surface area contributed by atoms with Gasteiger partial charge in [-0.15, -0.1) is 0 Å². The standard InChI is InChI=1S/C10H12BrClN2S/c11-8-3-9(10(12)14-5-8)13-4-7-1-2-15-6-7/h3,5,7,13H,1-2,4,6H2. The summed E-state index contributed by atoms with van der Waals surface area (Å²) < 4.78 is 0.954. The Morgan fingerprint density at radius 1 is 1.67 bits per heavy atom. The summed E-state index contributed by atoms with van der Waals surface area (Å²) in [5.74, 6) is 3.31. The minimum absolute atomic E-state index is 0.545. The normalized spacial score (nSPS) is 20.5. The van der Waals surface area contributed by atoms with Crippen LogP contribution >= 0.6 is 39.3 Å². The van der Waals surface area contributed by atoms with Crippen LogP contribution in [0.5, 0.6) is 0 Å². The number of hydrogen-bond donors (Lipinski definition) is 1. The van der Waals surface area contributed by atoms with E-state index in [0.717, 1.165) is 22.6 Å². The fourth-order valence-electron chi connectivity index (χ4n) is 1.55. The molecule has 1 saturated heterocycles. The van der Waals surface area contributed by atoms with Crippen LogP contribution in [0.15, 0.2) is 16.7 Å². The first kappa shape index (κ1) is 11.6. The lowest BCUT2D eigenvalue weighted by molar-refractivity contribution is 0.631. The lowest BCUT2D eigenvalue weighted by Crippen LogP contribution is -2.13. The van der Waals surface area contributed by atoms with Crippen molar-refractivity contribution in [1.82, 2.24) is 4.98 Å². The SMILES string of the molecule is Clc1ncc(Br)cc1NCC1CCSC1. The molecule has 1 aliphatic heterocycles. The molecular formula is C10H12BrClN2S. The number of pyridine rings is 1. The fraction of sp³-hybridized carbons (Fsp3) is 0.500. The number of anilines is 1. The Labute approximate surface area is 107 Å². The molecule has 1 aromatic rings. The van der Waals surface area contributed by atoms with Gasteiger partial charge in [0.15, 0.2) is 5.15 Å². The van der Waals surface area contributed by atoms with Gasteiger partial charge in [-0.1, -0.05) is 11.6 Å².